The zero-order valence-electron chi connectivity index (χ0n) is 22.8. The molecule has 0 unspecified atom stereocenters. The van der Waals surface area contributed by atoms with Crippen LogP contribution in [0.25, 0.3) is 33.3 Å². The smallest absolute Gasteiger partial charge is 0.290 e. The molecule has 0 bridgehead atoms. The number of aryl methyl sites for hydroxylation is 4. The summed E-state index contributed by atoms with van der Waals surface area (Å²) in [5, 5.41) is 5.99. The van der Waals surface area contributed by atoms with E-state index in [1.807, 2.05) is 54.8 Å². The summed E-state index contributed by atoms with van der Waals surface area (Å²) in [6, 6.07) is 15.4. The summed E-state index contributed by atoms with van der Waals surface area (Å²) < 4.78 is 22.8. The van der Waals surface area contributed by atoms with E-state index in [4.69, 9.17) is 4.52 Å². The molecule has 5 aromatic rings. The first-order chi connectivity index (χ1) is 19.1. The molecule has 3 heterocycles. The number of hydrogen-bond donors (Lipinski definition) is 2. The number of fused-ring (bicyclic) bond motifs is 1. The number of hydrogen-bond acceptors (Lipinski definition) is 5. The Kier molecular flexibility index (Phi) is 6.85. The lowest BCUT2D eigenvalue weighted by Gasteiger charge is -2.13. The van der Waals surface area contributed by atoms with Crippen molar-refractivity contribution in [1.29, 1.82) is 0 Å². The fourth-order valence-electron chi connectivity index (χ4n) is 4.99. The lowest BCUT2D eigenvalue weighted by Crippen LogP contribution is -2.20. The standard InChI is InChI=1S/C30H28FN5O4/c1-6-36-24(18-7-9-19(10-8-18)25-17(3)40-35(5)30(25)39)14-20-13-16(2)33-26(27(20)36)29(38)34-21-11-12-23(31)22(15-21)28(37)32-4/h7-15H,6H2,1-5H3,(H,32,37)(H,34,38). The number of benzene rings is 2. The number of nitrogens with zero attached hydrogens (tertiary/aromatic N) is 3. The highest BCUT2D eigenvalue weighted by atomic mass is 19.1. The topological polar surface area (TPSA) is 111 Å². The van der Waals surface area contributed by atoms with Crippen molar-refractivity contribution in [3.63, 3.8) is 0 Å². The molecule has 0 atom stereocenters. The van der Waals surface area contributed by atoms with E-state index in [9.17, 15) is 18.8 Å². The first-order valence-electron chi connectivity index (χ1n) is 12.7. The zero-order valence-corrected chi connectivity index (χ0v) is 22.8. The fraction of sp³-hybridized carbons (Fsp3) is 0.200. The molecule has 0 aliphatic carbocycles. The van der Waals surface area contributed by atoms with Gasteiger partial charge in [0.1, 0.15) is 11.6 Å². The Balaban J connectivity index is 1.56. The van der Waals surface area contributed by atoms with Crippen molar-refractivity contribution >= 4 is 28.4 Å². The Bertz CT molecular complexity index is 1850. The van der Waals surface area contributed by atoms with Gasteiger partial charge in [0.15, 0.2) is 5.69 Å². The SMILES string of the molecule is CCn1c(-c2ccc(-c3c(C)on(C)c3=O)cc2)cc2cc(C)nc(C(=O)Nc3ccc(F)c(C(=O)NC)c3)c21. The van der Waals surface area contributed by atoms with Crippen LogP contribution >= 0.6 is 0 Å². The third-order valence-corrected chi connectivity index (χ3v) is 6.83. The minimum Gasteiger partial charge on any atom is -0.381 e. The number of carbonyl (C=O) groups is 2. The van der Waals surface area contributed by atoms with Gasteiger partial charge in [-0.3, -0.25) is 14.4 Å². The van der Waals surface area contributed by atoms with Crippen LogP contribution in [0.4, 0.5) is 10.1 Å². The first kappa shape index (κ1) is 26.6. The molecule has 0 aliphatic rings. The van der Waals surface area contributed by atoms with E-state index in [-0.39, 0.29) is 22.5 Å². The number of aromatic nitrogens is 3. The van der Waals surface area contributed by atoms with Gasteiger partial charge in [-0.05, 0) is 62.2 Å². The second-order valence-corrected chi connectivity index (χ2v) is 9.45. The van der Waals surface area contributed by atoms with E-state index in [1.54, 1.807) is 14.0 Å². The van der Waals surface area contributed by atoms with Gasteiger partial charge in [0.2, 0.25) is 0 Å². The molecule has 10 heteroatoms. The summed E-state index contributed by atoms with van der Waals surface area (Å²) in [6.07, 6.45) is 0. The number of nitrogens with one attached hydrogen (secondary N) is 2. The average Bonchev–Trinajstić information content (AvgIpc) is 3.43. The number of rotatable bonds is 6. The van der Waals surface area contributed by atoms with Gasteiger partial charge in [0.25, 0.3) is 17.4 Å². The number of carbonyl (C=O) groups excluding carboxylic acids is 2. The third-order valence-electron chi connectivity index (χ3n) is 6.83. The maximum Gasteiger partial charge on any atom is 0.290 e. The van der Waals surface area contributed by atoms with Crippen molar-refractivity contribution in [2.75, 3.05) is 12.4 Å². The van der Waals surface area contributed by atoms with E-state index < -0.39 is 17.6 Å². The van der Waals surface area contributed by atoms with Crippen LogP contribution in [-0.4, -0.2) is 33.2 Å². The van der Waals surface area contributed by atoms with Crippen LogP contribution in [0.2, 0.25) is 0 Å². The molecule has 2 N–H and O–H groups in total. The summed E-state index contributed by atoms with van der Waals surface area (Å²) in [7, 11) is 2.98. The van der Waals surface area contributed by atoms with Crippen molar-refractivity contribution in [3.05, 3.63) is 93.5 Å². The van der Waals surface area contributed by atoms with Crippen LogP contribution in [0.15, 0.2) is 63.9 Å². The summed E-state index contributed by atoms with van der Waals surface area (Å²) in [5.41, 5.74) is 4.47. The molecule has 0 radical (unpaired) electrons. The summed E-state index contributed by atoms with van der Waals surface area (Å²) in [6.45, 7) is 6.10. The minimum absolute atomic E-state index is 0.172. The van der Waals surface area contributed by atoms with Crippen molar-refractivity contribution in [2.45, 2.75) is 27.3 Å². The molecule has 0 spiro atoms. The predicted octanol–water partition coefficient (Wildman–Crippen LogP) is 5.05. The first-order valence-corrected chi connectivity index (χ1v) is 12.7. The van der Waals surface area contributed by atoms with Crippen LogP contribution in [0.3, 0.4) is 0 Å². The summed E-state index contributed by atoms with van der Waals surface area (Å²) in [4.78, 5) is 42.5. The Morgan fingerprint density at radius 2 is 1.70 bits per heavy atom. The van der Waals surface area contributed by atoms with Crippen LogP contribution in [0.1, 0.15) is 39.2 Å². The second-order valence-electron chi connectivity index (χ2n) is 9.45. The van der Waals surface area contributed by atoms with Gasteiger partial charge in [0, 0.05) is 43.1 Å². The molecule has 0 saturated carbocycles. The maximum atomic E-state index is 14.1. The van der Waals surface area contributed by atoms with Gasteiger partial charge in [-0.1, -0.05) is 24.3 Å². The monoisotopic (exact) mass is 541 g/mol. The van der Waals surface area contributed by atoms with E-state index in [2.05, 4.69) is 15.6 Å². The van der Waals surface area contributed by atoms with Gasteiger partial charge >= 0.3 is 0 Å². The quantitative estimate of drug-likeness (QED) is 0.313. The predicted molar refractivity (Wildman–Crippen MR) is 151 cm³/mol. The molecule has 0 fully saturated rings. The molecule has 2 aromatic carbocycles. The number of amides is 2. The molecule has 0 aliphatic heterocycles. The van der Waals surface area contributed by atoms with Crippen molar-refractivity contribution in [1.82, 2.24) is 19.6 Å². The molecule has 5 rings (SSSR count). The minimum atomic E-state index is -0.688. The van der Waals surface area contributed by atoms with Gasteiger partial charge in [-0.15, -0.1) is 0 Å². The van der Waals surface area contributed by atoms with Crippen LogP contribution in [0.5, 0.6) is 0 Å². The Labute approximate surface area is 229 Å². The van der Waals surface area contributed by atoms with Crippen molar-refractivity contribution in [2.24, 2.45) is 7.05 Å². The van der Waals surface area contributed by atoms with Crippen LogP contribution in [0, 0.1) is 19.7 Å². The molecule has 2 amide bonds. The molecule has 0 saturated heterocycles. The number of pyridine rings is 1. The molecule has 204 valence electrons. The third kappa shape index (κ3) is 4.57. The van der Waals surface area contributed by atoms with E-state index >= 15 is 0 Å². The highest BCUT2D eigenvalue weighted by molar-refractivity contribution is 6.12. The number of anilines is 1. The van der Waals surface area contributed by atoms with Crippen molar-refractivity contribution < 1.29 is 18.5 Å². The van der Waals surface area contributed by atoms with Crippen LogP contribution in [-0.2, 0) is 13.6 Å². The summed E-state index contributed by atoms with van der Waals surface area (Å²) in [5.74, 6) is -1.22. The van der Waals surface area contributed by atoms with E-state index in [0.29, 0.717) is 29.1 Å². The van der Waals surface area contributed by atoms with E-state index in [1.165, 1.54) is 23.9 Å². The maximum absolute atomic E-state index is 14.1. The molecular weight excluding hydrogens is 513 g/mol. The molecule has 40 heavy (non-hydrogen) atoms. The Morgan fingerprint density at radius 3 is 2.33 bits per heavy atom. The number of halogens is 1. The highest BCUT2D eigenvalue weighted by Gasteiger charge is 2.21. The van der Waals surface area contributed by atoms with Gasteiger partial charge in [-0.25, -0.2) is 9.37 Å². The van der Waals surface area contributed by atoms with Crippen LogP contribution < -0.4 is 16.2 Å². The Morgan fingerprint density at radius 1 is 1.00 bits per heavy atom. The van der Waals surface area contributed by atoms with Crippen molar-refractivity contribution in [3.8, 4) is 22.4 Å². The van der Waals surface area contributed by atoms with Gasteiger partial charge in [-0.2, -0.15) is 4.74 Å². The lowest BCUT2D eigenvalue weighted by molar-refractivity contribution is 0.0957. The highest BCUT2D eigenvalue weighted by Crippen LogP contribution is 2.32. The fourth-order valence-corrected chi connectivity index (χ4v) is 4.99. The van der Waals surface area contributed by atoms with Gasteiger partial charge in [0.05, 0.1) is 16.6 Å². The molecule has 9 nitrogen and oxygen atoms in total. The zero-order chi connectivity index (χ0) is 28.7. The Hall–Kier alpha value is -4.99. The van der Waals surface area contributed by atoms with Gasteiger partial charge < -0.3 is 19.7 Å². The lowest BCUT2D eigenvalue weighted by atomic mass is 10.0. The average molecular weight is 542 g/mol. The van der Waals surface area contributed by atoms with E-state index in [0.717, 1.165) is 28.3 Å². The normalized spacial score (nSPS) is 11.2. The molecular formula is C30H28FN5O4. The largest absolute Gasteiger partial charge is 0.381 e. The molecule has 3 aromatic heterocycles. The summed E-state index contributed by atoms with van der Waals surface area (Å²) >= 11 is 0. The second kappa shape index (κ2) is 10.3.